The minimum absolute atomic E-state index is 0.148. The fourth-order valence-electron chi connectivity index (χ4n) is 4.48. The summed E-state index contributed by atoms with van der Waals surface area (Å²) in [6, 6.07) is 17.3. The highest BCUT2D eigenvalue weighted by Gasteiger charge is 2.29. The molecule has 1 saturated heterocycles. The summed E-state index contributed by atoms with van der Waals surface area (Å²) in [4.78, 5) is 20.4. The van der Waals surface area contributed by atoms with Gasteiger partial charge in [0.1, 0.15) is 29.2 Å². The molecule has 1 atom stereocenters. The molecule has 0 saturated carbocycles. The molecule has 0 aliphatic carbocycles. The number of nitrogens with zero attached hydrogens (tertiary/aromatic N) is 4. The summed E-state index contributed by atoms with van der Waals surface area (Å²) >= 11 is 5.68. The van der Waals surface area contributed by atoms with Crippen molar-refractivity contribution < 1.29 is 14.3 Å². The maximum absolute atomic E-state index is 13.3. The van der Waals surface area contributed by atoms with E-state index in [0.717, 1.165) is 55.4 Å². The Morgan fingerprint density at radius 3 is 2.66 bits per heavy atom. The summed E-state index contributed by atoms with van der Waals surface area (Å²) in [6.45, 7) is 2.48. The summed E-state index contributed by atoms with van der Waals surface area (Å²) in [5.74, 6) is 1.75. The first-order chi connectivity index (χ1) is 17.1. The Morgan fingerprint density at radius 2 is 1.86 bits per heavy atom. The molecule has 1 amide bonds. The number of fused-ring (bicyclic) bond motifs is 1. The Labute approximate surface area is 210 Å². The Morgan fingerprint density at radius 1 is 1.11 bits per heavy atom. The van der Waals surface area contributed by atoms with Gasteiger partial charge < -0.3 is 19.7 Å². The lowest BCUT2D eigenvalue weighted by molar-refractivity contribution is 0.0597. The van der Waals surface area contributed by atoms with Gasteiger partial charge in [-0.2, -0.15) is 0 Å². The van der Waals surface area contributed by atoms with Crippen molar-refractivity contribution in [1.82, 2.24) is 20.1 Å². The number of para-hydroxylation sites is 2. The molecule has 35 heavy (non-hydrogen) atoms. The first-order valence-electron chi connectivity index (χ1n) is 11.9. The number of carbonyl (C=O) groups excluding carboxylic acids is 1. The molecule has 3 heterocycles. The van der Waals surface area contributed by atoms with Crippen molar-refractivity contribution in [3.8, 4) is 5.75 Å². The molecule has 9 heteroatoms. The van der Waals surface area contributed by atoms with Crippen LogP contribution in [-0.2, 0) is 17.7 Å². The van der Waals surface area contributed by atoms with E-state index in [4.69, 9.17) is 21.7 Å². The lowest BCUT2D eigenvalue weighted by Gasteiger charge is -2.23. The van der Waals surface area contributed by atoms with Crippen molar-refractivity contribution in [1.29, 1.82) is 0 Å². The van der Waals surface area contributed by atoms with E-state index in [-0.39, 0.29) is 18.3 Å². The number of carbonyl (C=O) groups is 1. The van der Waals surface area contributed by atoms with Gasteiger partial charge in [0.15, 0.2) is 0 Å². The second kappa shape index (κ2) is 10.5. The zero-order valence-electron chi connectivity index (χ0n) is 19.7. The maximum atomic E-state index is 13.3. The number of likely N-dealkylation sites (N-methyl/N-ethyl adjacent to an activating group) is 1. The minimum atomic E-state index is -0.477. The molecular weight excluding hydrogens is 462 g/mol. The van der Waals surface area contributed by atoms with Crippen molar-refractivity contribution in [2.45, 2.75) is 31.8 Å². The Kier molecular flexibility index (Phi) is 7.06. The average molecular weight is 492 g/mol. The molecular formula is C26H29N5O3S. The molecule has 0 spiro atoms. The lowest BCUT2D eigenvalue weighted by Crippen LogP contribution is -2.48. The number of aromatic nitrogens is 3. The first-order valence-corrected chi connectivity index (χ1v) is 12.3. The van der Waals surface area contributed by atoms with Gasteiger partial charge in [0, 0.05) is 33.2 Å². The Bertz CT molecular complexity index is 1190. The zero-order valence-corrected chi connectivity index (χ0v) is 20.5. The summed E-state index contributed by atoms with van der Waals surface area (Å²) in [6.07, 6.45) is 2.56. The smallest absolute Gasteiger partial charge is 0.291 e. The van der Waals surface area contributed by atoms with Crippen molar-refractivity contribution in [2.24, 2.45) is 5.92 Å². The fourth-order valence-corrected chi connectivity index (χ4v) is 4.70. The van der Waals surface area contributed by atoms with Crippen LogP contribution < -0.4 is 15.0 Å². The van der Waals surface area contributed by atoms with E-state index in [1.165, 1.54) is 0 Å². The average Bonchev–Trinajstić information content (AvgIpc) is 3.24. The standard InChI is InChI=1S/C26H29N5O3S/c1-30-21-9-5-6-10-22(21)34-17-20(26(30)35)27-25(32)24-28-23(15-18-7-3-2-4-8-18)31(29-24)16-19-11-13-33-14-12-19/h2-10,19-20H,11-17H2,1H3,(H,27,32)/t20-/m0/s1. The van der Waals surface area contributed by atoms with Gasteiger partial charge in [-0.15, -0.1) is 5.10 Å². The number of anilines is 1. The topological polar surface area (TPSA) is 81.5 Å². The number of amides is 1. The van der Waals surface area contributed by atoms with Crippen molar-refractivity contribution in [3.63, 3.8) is 0 Å². The third kappa shape index (κ3) is 5.36. The van der Waals surface area contributed by atoms with Gasteiger partial charge >= 0.3 is 0 Å². The van der Waals surface area contributed by atoms with Crippen molar-refractivity contribution >= 4 is 28.8 Å². The molecule has 0 radical (unpaired) electrons. The summed E-state index contributed by atoms with van der Waals surface area (Å²) in [7, 11) is 1.88. The molecule has 1 aromatic heterocycles. The van der Waals surface area contributed by atoms with Crippen LogP contribution in [0.2, 0.25) is 0 Å². The van der Waals surface area contributed by atoms with Gasteiger partial charge in [-0.1, -0.05) is 54.7 Å². The van der Waals surface area contributed by atoms with Crippen LogP contribution >= 0.6 is 12.2 Å². The molecule has 0 unspecified atom stereocenters. The second-order valence-electron chi connectivity index (χ2n) is 8.95. The van der Waals surface area contributed by atoms with Gasteiger partial charge in [0.2, 0.25) is 5.82 Å². The van der Waals surface area contributed by atoms with Gasteiger partial charge in [-0.05, 0) is 36.5 Å². The van der Waals surface area contributed by atoms with E-state index in [1.807, 2.05) is 59.1 Å². The van der Waals surface area contributed by atoms with Crippen molar-refractivity contribution in [3.05, 3.63) is 71.8 Å². The number of thiocarbonyl (C=S) groups is 1. The molecule has 2 aliphatic rings. The highest BCUT2D eigenvalue weighted by molar-refractivity contribution is 7.80. The van der Waals surface area contributed by atoms with E-state index in [1.54, 1.807) is 0 Å². The van der Waals surface area contributed by atoms with Gasteiger partial charge in [-0.25, -0.2) is 9.67 Å². The highest BCUT2D eigenvalue weighted by Crippen LogP contribution is 2.30. The molecule has 3 aromatic rings. The highest BCUT2D eigenvalue weighted by atomic mass is 32.1. The lowest BCUT2D eigenvalue weighted by atomic mass is 10.0. The summed E-state index contributed by atoms with van der Waals surface area (Å²) < 4.78 is 13.3. The second-order valence-corrected chi connectivity index (χ2v) is 9.37. The number of nitrogens with one attached hydrogen (secondary N) is 1. The number of benzene rings is 2. The van der Waals surface area contributed by atoms with Crippen LogP contribution in [0.1, 0.15) is 34.8 Å². The SMILES string of the molecule is CN1C(=S)[C@@H](NC(=O)c2nc(Cc3ccccc3)n(CC3CCOCC3)n2)COc2ccccc21. The van der Waals surface area contributed by atoms with E-state index < -0.39 is 6.04 Å². The number of hydrogen-bond acceptors (Lipinski definition) is 6. The van der Waals surface area contributed by atoms with Crippen LogP contribution in [0.25, 0.3) is 0 Å². The summed E-state index contributed by atoms with van der Waals surface area (Å²) in [5, 5.41) is 7.62. The van der Waals surface area contributed by atoms with Gasteiger partial charge in [-0.3, -0.25) is 4.79 Å². The third-order valence-electron chi connectivity index (χ3n) is 6.49. The maximum Gasteiger partial charge on any atom is 0.291 e. The van der Waals surface area contributed by atoms with Gasteiger partial charge in [0.25, 0.3) is 5.91 Å². The van der Waals surface area contributed by atoms with Crippen molar-refractivity contribution in [2.75, 3.05) is 31.8 Å². The minimum Gasteiger partial charge on any atom is -0.489 e. The Hall–Kier alpha value is -3.30. The van der Waals surface area contributed by atoms with Crippen LogP contribution in [0.5, 0.6) is 5.75 Å². The molecule has 2 aromatic carbocycles. The van der Waals surface area contributed by atoms with Crippen LogP contribution in [-0.4, -0.2) is 58.6 Å². The van der Waals surface area contributed by atoms with Crippen LogP contribution in [0, 0.1) is 5.92 Å². The molecule has 2 aliphatic heterocycles. The van der Waals surface area contributed by atoms with E-state index in [2.05, 4.69) is 27.5 Å². The number of rotatable bonds is 6. The molecule has 1 fully saturated rings. The molecule has 5 rings (SSSR count). The summed E-state index contributed by atoms with van der Waals surface area (Å²) in [5.41, 5.74) is 2.00. The zero-order chi connectivity index (χ0) is 24.2. The predicted molar refractivity (Wildman–Crippen MR) is 137 cm³/mol. The molecule has 8 nitrogen and oxygen atoms in total. The van der Waals surface area contributed by atoms with E-state index in [9.17, 15) is 4.79 Å². The van der Waals surface area contributed by atoms with Crippen LogP contribution in [0.4, 0.5) is 5.69 Å². The van der Waals surface area contributed by atoms with Crippen LogP contribution in [0.3, 0.4) is 0 Å². The van der Waals surface area contributed by atoms with E-state index in [0.29, 0.717) is 17.3 Å². The predicted octanol–water partition coefficient (Wildman–Crippen LogP) is 3.25. The third-order valence-corrected chi connectivity index (χ3v) is 7.05. The normalized spacial score (nSPS) is 18.5. The monoisotopic (exact) mass is 491 g/mol. The fraction of sp³-hybridized carbons (Fsp3) is 0.385. The number of hydrogen-bond donors (Lipinski definition) is 1. The van der Waals surface area contributed by atoms with Gasteiger partial charge in [0.05, 0.1) is 5.69 Å². The van der Waals surface area contributed by atoms with Crippen LogP contribution in [0.15, 0.2) is 54.6 Å². The number of ether oxygens (including phenoxy) is 2. The first kappa shape index (κ1) is 23.4. The largest absolute Gasteiger partial charge is 0.489 e. The van der Waals surface area contributed by atoms with E-state index >= 15 is 0 Å². The quantitative estimate of drug-likeness (QED) is 0.530. The molecule has 1 N–H and O–H groups in total. The molecule has 182 valence electrons. The Balaban J connectivity index is 1.35. The molecule has 0 bridgehead atoms.